The number of halogens is 3. The number of benzene rings is 3. The average Bonchev–Trinajstić information content (AvgIpc) is 3.65. The van der Waals surface area contributed by atoms with Gasteiger partial charge in [-0.05, 0) is 63.1 Å². The Kier molecular flexibility index (Phi) is 7.23. The minimum Gasteiger partial charge on any atom is -0.344 e. The summed E-state index contributed by atoms with van der Waals surface area (Å²) in [7, 11) is 0. The van der Waals surface area contributed by atoms with E-state index >= 15 is 0 Å². The zero-order valence-corrected chi connectivity index (χ0v) is 24.1. The Morgan fingerprint density at radius 3 is 2.42 bits per heavy atom. The van der Waals surface area contributed by atoms with Gasteiger partial charge in [-0.3, -0.25) is 9.59 Å². The van der Waals surface area contributed by atoms with Gasteiger partial charge in [0.25, 0.3) is 5.91 Å². The largest absolute Gasteiger partial charge is 0.471 e. The molecule has 7 nitrogen and oxygen atoms in total. The SMILES string of the molecule is CC1CC(NC(=O)C(F)(F)F)CN1C(=O)c1ccc2c(c1)nc(-c1cc3ccccc3n1Cc1ccccc1)n2C(C)C. The number of aromatic nitrogens is 3. The lowest BCUT2D eigenvalue weighted by Gasteiger charge is -2.21. The first kappa shape index (κ1) is 28.5. The molecule has 43 heavy (non-hydrogen) atoms. The second kappa shape index (κ2) is 10.9. The first-order chi connectivity index (χ1) is 20.5. The molecule has 0 aliphatic carbocycles. The van der Waals surface area contributed by atoms with Gasteiger partial charge in [-0.2, -0.15) is 13.2 Å². The molecule has 0 saturated carbocycles. The van der Waals surface area contributed by atoms with Gasteiger partial charge in [0, 0.05) is 47.7 Å². The molecule has 3 aromatic carbocycles. The van der Waals surface area contributed by atoms with Crippen molar-refractivity contribution in [2.45, 2.75) is 58.0 Å². The van der Waals surface area contributed by atoms with Gasteiger partial charge in [-0.25, -0.2) is 4.98 Å². The minimum atomic E-state index is -4.97. The van der Waals surface area contributed by atoms with Crippen molar-refractivity contribution in [2.75, 3.05) is 6.54 Å². The number of carbonyl (C=O) groups is 2. The van der Waals surface area contributed by atoms with Crippen LogP contribution in [0.1, 0.15) is 49.2 Å². The number of likely N-dealkylation sites (tertiary alicyclic amines) is 1. The monoisotopic (exact) mass is 587 g/mol. The number of carbonyl (C=O) groups excluding carboxylic acids is 2. The third-order valence-electron chi connectivity index (χ3n) is 8.10. The number of amides is 2. The molecule has 6 rings (SSSR count). The van der Waals surface area contributed by atoms with Gasteiger partial charge in [-0.15, -0.1) is 0 Å². The van der Waals surface area contributed by atoms with E-state index < -0.39 is 18.1 Å². The van der Waals surface area contributed by atoms with Crippen LogP contribution in [0, 0.1) is 0 Å². The highest BCUT2D eigenvalue weighted by Gasteiger charge is 2.42. The van der Waals surface area contributed by atoms with Crippen LogP contribution in [0.2, 0.25) is 0 Å². The van der Waals surface area contributed by atoms with E-state index in [2.05, 4.69) is 53.3 Å². The van der Waals surface area contributed by atoms with Gasteiger partial charge < -0.3 is 19.4 Å². The van der Waals surface area contributed by atoms with Crippen LogP contribution in [0.15, 0.2) is 78.9 Å². The fourth-order valence-electron chi connectivity index (χ4n) is 6.12. The van der Waals surface area contributed by atoms with Crippen LogP contribution in [0.3, 0.4) is 0 Å². The summed E-state index contributed by atoms with van der Waals surface area (Å²) >= 11 is 0. The van der Waals surface area contributed by atoms with Crippen molar-refractivity contribution in [3.63, 3.8) is 0 Å². The highest BCUT2D eigenvalue weighted by Crippen LogP contribution is 2.34. The maximum atomic E-state index is 13.6. The standard InChI is InChI=1S/C33H32F3N5O2/c1-20(2)41-28-14-13-24(31(42)39-19-25(15-21(39)3)37-32(43)33(34,35)36)16-26(28)38-30(41)29-17-23-11-7-8-12-27(23)40(29)18-22-9-5-4-6-10-22/h4-14,16-17,20-21,25H,15,18-19H2,1-3H3,(H,37,43). The topological polar surface area (TPSA) is 72.2 Å². The molecule has 2 aromatic heterocycles. The molecular formula is C33H32F3N5O2. The first-order valence-corrected chi connectivity index (χ1v) is 14.3. The van der Waals surface area contributed by atoms with Crippen LogP contribution in [0.25, 0.3) is 33.5 Å². The number of hydrogen-bond donors (Lipinski definition) is 1. The molecule has 1 aliphatic rings. The molecule has 5 aromatic rings. The second-order valence-electron chi connectivity index (χ2n) is 11.5. The highest BCUT2D eigenvalue weighted by molar-refractivity contribution is 5.98. The smallest absolute Gasteiger partial charge is 0.344 e. The van der Waals surface area contributed by atoms with E-state index in [9.17, 15) is 22.8 Å². The number of para-hydroxylation sites is 1. The maximum Gasteiger partial charge on any atom is 0.471 e. The lowest BCUT2D eigenvalue weighted by molar-refractivity contribution is -0.174. The van der Waals surface area contributed by atoms with Crippen LogP contribution >= 0.6 is 0 Å². The van der Waals surface area contributed by atoms with Crippen LogP contribution in [0.5, 0.6) is 0 Å². The summed E-state index contributed by atoms with van der Waals surface area (Å²) in [6.45, 7) is 6.62. The molecule has 1 aliphatic heterocycles. The molecule has 0 radical (unpaired) electrons. The fourth-order valence-corrected chi connectivity index (χ4v) is 6.12. The van der Waals surface area contributed by atoms with Crippen LogP contribution in [-0.2, 0) is 11.3 Å². The Hall–Kier alpha value is -4.60. The summed E-state index contributed by atoms with van der Waals surface area (Å²) in [5.74, 6) is -1.51. The normalized spacial score (nSPS) is 17.3. The summed E-state index contributed by atoms with van der Waals surface area (Å²) < 4.78 is 42.8. The number of nitrogens with zero attached hydrogens (tertiary/aromatic N) is 4. The highest BCUT2D eigenvalue weighted by atomic mass is 19.4. The predicted octanol–water partition coefficient (Wildman–Crippen LogP) is 6.57. The van der Waals surface area contributed by atoms with Crippen LogP contribution in [0.4, 0.5) is 13.2 Å². The van der Waals surface area contributed by atoms with Gasteiger partial charge in [0.1, 0.15) is 0 Å². The minimum absolute atomic E-state index is 0.00509. The Morgan fingerprint density at radius 2 is 1.70 bits per heavy atom. The van der Waals surface area contributed by atoms with E-state index in [0.717, 1.165) is 33.5 Å². The summed E-state index contributed by atoms with van der Waals surface area (Å²) in [6.07, 6.45) is -4.72. The van der Waals surface area contributed by atoms with Crippen LogP contribution < -0.4 is 5.32 Å². The number of hydrogen-bond acceptors (Lipinski definition) is 3. The molecule has 1 N–H and O–H groups in total. The number of rotatable bonds is 6. The van der Waals surface area contributed by atoms with E-state index in [1.54, 1.807) is 19.1 Å². The molecule has 3 heterocycles. The lowest BCUT2D eigenvalue weighted by atomic mass is 10.1. The Labute approximate surface area is 246 Å². The van der Waals surface area contributed by atoms with E-state index in [1.165, 1.54) is 4.90 Å². The van der Waals surface area contributed by atoms with Crippen molar-refractivity contribution < 1.29 is 22.8 Å². The zero-order valence-electron chi connectivity index (χ0n) is 24.1. The number of nitrogens with one attached hydrogen (secondary N) is 1. The predicted molar refractivity (Wildman–Crippen MR) is 160 cm³/mol. The third-order valence-corrected chi connectivity index (χ3v) is 8.10. The zero-order chi connectivity index (χ0) is 30.5. The van der Waals surface area contributed by atoms with E-state index in [1.807, 2.05) is 41.7 Å². The first-order valence-electron chi connectivity index (χ1n) is 14.3. The molecular weight excluding hydrogens is 555 g/mol. The molecule has 1 fully saturated rings. The lowest BCUT2D eigenvalue weighted by Crippen LogP contribution is -2.44. The molecule has 2 amide bonds. The van der Waals surface area contributed by atoms with Crippen molar-refractivity contribution in [1.29, 1.82) is 0 Å². The molecule has 10 heteroatoms. The summed E-state index contributed by atoms with van der Waals surface area (Å²) in [6, 6.07) is 24.9. The van der Waals surface area contributed by atoms with Crippen molar-refractivity contribution in [3.8, 4) is 11.5 Å². The van der Waals surface area contributed by atoms with Crippen LogP contribution in [-0.4, -0.2) is 55.6 Å². The van der Waals surface area contributed by atoms with Crippen molar-refractivity contribution in [3.05, 3.63) is 90.0 Å². The summed E-state index contributed by atoms with van der Waals surface area (Å²) in [5, 5.41) is 3.11. The third kappa shape index (κ3) is 5.37. The molecule has 0 spiro atoms. The maximum absolute atomic E-state index is 13.6. The molecule has 2 unspecified atom stereocenters. The van der Waals surface area contributed by atoms with E-state index in [0.29, 0.717) is 17.6 Å². The van der Waals surface area contributed by atoms with Gasteiger partial charge in [0.15, 0.2) is 5.82 Å². The Balaban J connectivity index is 1.37. The molecule has 222 valence electrons. The molecule has 2 atom stereocenters. The molecule has 0 bridgehead atoms. The quantitative estimate of drug-likeness (QED) is 0.244. The van der Waals surface area contributed by atoms with Crippen molar-refractivity contribution >= 4 is 33.8 Å². The fraction of sp³-hybridized carbons (Fsp3) is 0.303. The van der Waals surface area contributed by atoms with E-state index in [4.69, 9.17) is 4.98 Å². The second-order valence-corrected chi connectivity index (χ2v) is 11.5. The van der Waals surface area contributed by atoms with E-state index in [-0.39, 0.29) is 31.0 Å². The summed E-state index contributed by atoms with van der Waals surface area (Å²) in [4.78, 5) is 31.6. The van der Waals surface area contributed by atoms with Gasteiger partial charge >= 0.3 is 12.1 Å². The van der Waals surface area contributed by atoms with Gasteiger partial charge in [0.05, 0.1) is 16.7 Å². The van der Waals surface area contributed by atoms with Crippen molar-refractivity contribution in [1.82, 2.24) is 24.3 Å². The van der Waals surface area contributed by atoms with Gasteiger partial charge in [0.2, 0.25) is 0 Å². The average molecular weight is 588 g/mol. The number of alkyl halides is 3. The summed E-state index contributed by atoms with van der Waals surface area (Å²) in [5.41, 5.74) is 5.14. The Morgan fingerprint density at radius 1 is 0.977 bits per heavy atom. The van der Waals surface area contributed by atoms with Crippen molar-refractivity contribution in [2.24, 2.45) is 0 Å². The molecule has 1 saturated heterocycles. The van der Waals surface area contributed by atoms with Gasteiger partial charge in [-0.1, -0.05) is 48.5 Å². The number of fused-ring (bicyclic) bond motifs is 2. The Bertz CT molecular complexity index is 1820. The number of imidazole rings is 1.